The molecule has 0 fully saturated rings. The summed E-state index contributed by atoms with van der Waals surface area (Å²) in [6.07, 6.45) is 2.76. The van der Waals surface area contributed by atoms with Gasteiger partial charge in [0.15, 0.2) is 5.78 Å². The van der Waals surface area contributed by atoms with Crippen LogP contribution in [0.25, 0.3) is 6.08 Å². The van der Waals surface area contributed by atoms with Crippen molar-refractivity contribution in [3.63, 3.8) is 0 Å². The van der Waals surface area contributed by atoms with Gasteiger partial charge in [0.25, 0.3) is 0 Å². The van der Waals surface area contributed by atoms with Crippen molar-refractivity contribution in [3.8, 4) is 5.75 Å². The number of methoxy groups -OCH3 is 1. The highest BCUT2D eigenvalue weighted by atomic mass is 19.1. The number of halogens is 2. The summed E-state index contributed by atoms with van der Waals surface area (Å²) in [6.45, 7) is 0. The Bertz CT molecular complexity index is 663. The van der Waals surface area contributed by atoms with Crippen LogP contribution in [0.3, 0.4) is 0 Å². The number of hydrogen-bond acceptors (Lipinski definition) is 2. The Kier molecular flexibility index (Phi) is 4.25. The molecule has 20 heavy (non-hydrogen) atoms. The molecule has 0 amide bonds. The molecule has 0 aliphatic heterocycles. The molecule has 2 aromatic rings. The second-order valence-electron chi connectivity index (χ2n) is 4.06. The van der Waals surface area contributed by atoms with Crippen LogP contribution in [0.4, 0.5) is 8.78 Å². The van der Waals surface area contributed by atoms with Crippen LogP contribution < -0.4 is 4.74 Å². The molecule has 0 aromatic heterocycles. The molecule has 0 saturated carbocycles. The van der Waals surface area contributed by atoms with Crippen LogP contribution in [0, 0.1) is 11.6 Å². The number of carbonyl (C=O) groups excluding carboxylic acids is 1. The lowest BCUT2D eigenvalue weighted by molar-refractivity contribution is 0.104. The maximum absolute atomic E-state index is 13.5. The minimum absolute atomic E-state index is 0.169. The zero-order valence-electron chi connectivity index (χ0n) is 10.8. The first kappa shape index (κ1) is 13.9. The van der Waals surface area contributed by atoms with Gasteiger partial charge in [0, 0.05) is 11.6 Å². The number of benzene rings is 2. The van der Waals surface area contributed by atoms with Crippen molar-refractivity contribution in [2.24, 2.45) is 0 Å². The van der Waals surface area contributed by atoms with Gasteiger partial charge in [-0.2, -0.15) is 0 Å². The van der Waals surface area contributed by atoms with E-state index in [1.807, 2.05) is 0 Å². The quantitative estimate of drug-likeness (QED) is 0.625. The Morgan fingerprint density at radius 1 is 1.15 bits per heavy atom. The largest absolute Gasteiger partial charge is 0.496 e. The predicted molar refractivity (Wildman–Crippen MR) is 72.7 cm³/mol. The monoisotopic (exact) mass is 274 g/mol. The van der Waals surface area contributed by atoms with E-state index in [9.17, 15) is 13.6 Å². The standard InChI is InChI=1S/C16H12F2O2/c1-20-16-5-3-2-4-11(16)6-9-15(19)13-8-7-12(17)10-14(13)18/h2-10H,1H3. The average molecular weight is 274 g/mol. The Balaban J connectivity index is 2.25. The molecular weight excluding hydrogens is 262 g/mol. The van der Waals surface area contributed by atoms with Gasteiger partial charge in [-0.25, -0.2) is 8.78 Å². The Hall–Kier alpha value is -2.49. The second kappa shape index (κ2) is 6.10. The van der Waals surface area contributed by atoms with E-state index in [4.69, 9.17) is 4.74 Å². The van der Waals surface area contributed by atoms with Crippen molar-refractivity contribution < 1.29 is 18.3 Å². The van der Waals surface area contributed by atoms with Crippen molar-refractivity contribution in [3.05, 3.63) is 71.3 Å². The third-order valence-electron chi connectivity index (χ3n) is 2.75. The predicted octanol–water partition coefficient (Wildman–Crippen LogP) is 3.87. The molecule has 0 aliphatic rings. The number of hydrogen-bond donors (Lipinski definition) is 0. The fourth-order valence-corrected chi connectivity index (χ4v) is 1.75. The van der Waals surface area contributed by atoms with Crippen molar-refractivity contribution in [1.29, 1.82) is 0 Å². The van der Waals surface area contributed by atoms with Crippen LogP contribution in [0.15, 0.2) is 48.5 Å². The summed E-state index contributed by atoms with van der Waals surface area (Å²) in [6, 6.07) is 9.98. The zero-order valence-corrected chi connectivity index (χ0v) is 10.8. The summed E-state index contributed by atoms with van der Waals surface area (Å²) >= 11 is 0. The summed E-state index contributed by atoms with van der Waals surface area (Å²) in [5.41, 5.74) is 0.531. The fourth-order valence-electron chi connectivity index (χ4n) is 1.75. The van der Waals surface area contributed by atoms with Crippen LogP contribution in [-0.2, 0) is 0 Å². The van der Waals surface area contributed by atoms with Gasteiger partial charge in [0.2, 0.25) is 0 Å². The molecule has 0 N–H and O–H groups in total. The third-order valence-corrected chi connectivity index (χ3v) is 2.75. The second-order valence-corrected chi connectivity index (χ2v) is 4.06. The smallest absolute Gasteiger partial charge is 0.188 e. The molecule has 0 radical (unpaired) electrons. The van der Waals surface area contributed by atoms with Gasteiger partial charge in [-0.05, 0) is 30.4 Å². The van der Waals surface area contributed by atoms with Gasteiger partial charge < -0.3 is 4.74 Å². The molecule has 2 aromatic carbocycles. The van der Waals surface area contributed by atoms with Crippen LogP contribution in [-0.4, -0.2) is 12.9 Å². The van der Waals surface area contributed by atoms with E-state index >= 15 is 0 Å². The van der Waals surface area contributed by atoms with Crippen molar-refractivity contribution in [2.45, 2.75) is 0 Å². The van der Waals surface area contributed by atoms with Gasteiger partial charge in [0.1, 0.15) is 17.4 Å². The van der Waals surface area contributed by atoms with Crippen LogP contribution in [0.1, 0.15) is 15.9 Å². The van der Waals surface area contributed by atoms with E-state index in [2.05, 4.69) is 0 Å². The van der Waals surface area contributed by atoms with E-state index in [1.165, 1.54) is 19.3 Å². The zero-order chi connectivity index (χ0) is 14.5. The Morgan fingerprint density at radius 2 is 1.90 bits per heavy atom. The highest BCUT2D eigenvalue weighted by molar-refractivity contribution is 6.07. The molecule has 4 heteroatoms. The molecule has 0 heterocycles. The van der Waals surface area contributed by atoms with E-state index in [-0.39, 0.29) is 5.56 Å². The van der Waals surface area contributed by atoms with Crippen molar-refractivity contribution in [1.82, 2.24) is 0 Å². The van der Waals surface area contributed by atoms with Crippen LogP contribution in [0.5, 0.6) is 5.75 Å². The van der Waals surface area contributed by atoms with E-state index in [1.54, 1.807) is 24.3 Å². The molecule has 0 unspecified atom stereocenters. The summed E-state index contributed by atoms with van der Waals surface area (Å²) in [5, 5.41) is 0. The molecule has 0 atom stereocenters. The first-order valence-corrected chi connectivity index (χ1v) is 5.92. The first-order chi connectivity index (χ1) is 9.61. The number of allylic oxidation sites excluding steroid dienone is 1. The molecule has 2 rings (SSSR count). The van der Waals surface area contributed by atoms with Crippen molar-refractivity contribution >= 4 is 11.9 Å². The number of carbonyl (C=O) groups is 1. The normalized spacial score (nSPS) is 10.8. The van der Waals surface area contributed by atoms with E-state index in [0.717, 1.165) is 12.1 Å². The van der Waals surface area contributed by atoms with Gasteiger partial charge in [-0.15, -0.1) is 0 Å². The number of ketones is 1. The number of para-hydroxylation sites is 1. The van der Waals surface area contributed by atoms with Crippen LogP contribution in [0.2, 0.25) is 0 Å². The van der Waals surface area contributed by atoms with Gasteiger partial charge in [-0.3, -0.25) is 4.79 Å². The van der Waals surface area contributed by atoms with E-state index < -0.39 is 17.4 Å². The topological polar surface area (TPSA) is 26.3 Å². The highest BCUT2D eigenvalue weighted by Gasteiger charge is 2.09. The fraction of sp³-hybridized carbons (Fsp3) is 0.0625. The lowest BCUT2D eigenvalue weighted by Gasteiger charge is -2.03. The first-order valence-electron chi connectivity index (χ1n) is 5.92. The minimum Gasteiger partial charge on any atom is -0.496 e. The summed E-state index contributed by atoms with van der Waals surface area (Å²) < 4.78 is 31.4. The molecule has 0 spiro atoms. The SMILES string of the molecule is COc1ccccc1C=CC(=O)c1ccc(F)cc1F. The van der Waals surface area contributed by atoms with Gasteiger partial charge in [-0.1, -0.05) is 18.2 Å². The van der Waals surface area contributed by atoms with E-state index in [0.29, 0.717) is 17.4 Å². The van der Waals surface area contributed by atoms with Crippen molar-refractivity contribution in [2.75, 3.05) is 7.11 Å². The van der Waals surface area contributed by atoms with Gasteiger partial charge >= 0.3 is 0 Å². The maximum Gasteiger partial charge on any atom is 0.188 e. The Morgan fingerprint density at radius 3 is 2.60 bits per heavy atom. The summed E-state index contributed by atoms with van der Waals surface area (Å²) in [4.78, 5) is 11.9. The summed E-state index contributed by atoms with van der Waals surface area (Å²) in [5.74, 6) is -1.52. The average Bonchev–Trinajstić information content (AvgIpc) is 2.45. The highest BCUT2D eigenvalue weighted by Crippen LogP contribution is 2.19. The summed E-state index contributed by atoms with van der Waals surface area (Å²) in [7, 11) is 1.52. The maximum atomic E-state index is 13.5. The Labute approximate surface area is 115 Å². The minimum atomic E-state index is -0.875. The number of ether oxygens (including phenoxy) is 1. The lowest BCUT2D eigenvalue weighted by atomic mass is 10.1. The third kappa shape index (κ3) is 3.09. The molecule has 0 bridgehead atoms. The molecule has 102 valence electrons. The molecule has 0 saturated heterocycles. The number of rotatable bonds is 4. The molecule has 0 aliphatic carbocycles. The molecular formula is C16H12F2O2. The van der Waals surface area contributed by atoms with Crippen LogP contribution >= 0.6 is 0 Å². The lowest BCUT2D eigenvalue weighted by Crippen LogP contribution is -1.99. The molecule has 2 nitrogen and oxygen atoms in total. The van der Waals surface area contributed by atoms with Gasteiger partial charge in [0.05, 0.1) is 12.7 Å².